The highest BCUT2D eigenvalue weighted by molar-refractivity contribution is 5.97. The van der Waals surface area contributed by atoms with Crippen molar-refractivity contribution in [3.8, 4) is 0 Å². The molecule has 0 saturated carbocycles. The zero-order chi connectivity index (χ0) is 12.3. The summed E-state index contributed by atoms with van der Waals surface area (Å²) in [6.07, 6.45) is 0. The summed E-state index contributed by atoms with van der Waals surface area (Å²) >= 11 is 0. The van der Waals surface area contributed by atoms with Gasteiger partial charge in [-0.15, -0.1) is 0 Å². The maximum absolute atomic E-state index is 12.1. The number of para-hydroxylation sites is 1. The van der Waals surface area contributed by atoms with Crippen molar-refractivity contribution in [1.82, 2.24) is 15.2 Å². The lowest BCUT2D eigenvalue weighted by Gasteiger charge is -2.15. The van der Waals surface area contributed by atoms with Crippen molar-refractivity contribution in [1.29, 1.82) is 0 Å². The van der Waals surface area contributed by atoms with Crippen LogP contribution in [0.25, 0.3) is 10.9 Å². The van der Waals surface area contributed by atoms with Crippen LogP contribution in [0.4, 0.5) is 0 Å². The van der Waals surface area contributed by atoms with E-state index < -0.39 is 0 Å². The van der Waals surface area contributed by atoms with Crippen molar-refractivity contribution in [3.05, 3.63) is 36.0 Å². The zero-order valence-corrected chi connectivity index (χ0v) is 10.2. The summed E-state index contributed by atoms with van der Waals surface area (Å²) in [5.41, 5.74) is 1.64. The highest BCUT2D eigenvalue weighted by atomic mass is 16.2. The molecule has 0 aliphatic heterocycles. The first kappa shape index (κ1) is 11.7. The van der Waals surface area contributed by atoms with E-state index in [1.54, 1.807) is 4.90 Å². The van der Waals surface area contributed by atoms with Crippen molar-refractivity contribution in [3.63, 3.8) is 0 Å². The fraction of sp³-hybridized carbons (Fsp3) is 0.308. The van der Waals surface area contributed by atoms with Gasteiger partial charge in [-0.25, -0.2) is 0 Å². The van der Waals surface area contributed by atoms with Crippen LogP contribution in [0, 0.1) is 0 Å². The zero-order valence-electron chi connectivity index (χ0n) is 10.2. The Kier molecular flexibility index (Phi) is 3.44. The van der Waals surface area contributed by atoms with E-state index in [4.69, 9.17) is 0 Å². The first-order valence-corrected chi connectivity index (χ1v) is 5.70. The Labute approximate surface area is 101 Å². The molecule has 1 amide bonds. The molecule has 2 N–H and O–H groups in total. The predicted molar refractivity (Wildman–Crippen MR) is 69.2 cm³/mol. The largest absolute Gasteiger partial charge is 0.351 e. The molecule has 90 valence electrons. The van der Waals surface area contributed by atoms with Gasteiger partial charge in [0.2, 0.25) is 0 Å². The van der Waals surface area contributed by atoms with Gasteiger partial charge in [-0.05, 0) is 19.2 Å². The normalized spacial score (nSPS) is 10.7. The van der Waals surface area contributed by atoms with Crippen molar-refractivity contribution in [2.45, 2.75) is 0 Å². The van der Waals surface area contributed by atoms with Crippen LogP contribution in [-0.4, -0.2) is 43.0 Å². The Morgan fingerprint density at radius 1 is 1.41 bits per heavy atom. The minimum Gasteiger partial charge on any atom is -0.351 e. The summed E-state index contributed by atoms with van der Waals surface area (Å²) in [4.78, 5) is 16.9. The number of fused-ring (bicyclic) bond motifs is 1. The second-order valence-electron chi connectivity index (χ2n) is 4.10. The molecule has 0 bridgehead atoms. The Balaban J connectivity index is 2.18. The van der Waals surface area contributed by atoms with Crippen LogP contribution in [-0.2, 0) is 0 Å². The molecule has 17 heavy (non-hydrogen) atoms. The summed E-state index contributed by atoms with van der Waals surface area (Å²) in [6, 6.07) is 9.79. The quantitative estimate of drug-likeness (QED) is 0.837. The number of rotatable bonds is 4. The lowest BCUT2D eigenvalue weighted by molar-refractivity contribution is 0.0792. The third-order valence-corrected chi connectivity index (χ3v) is 2.80. The molecular formula is C13H17N3O. The monoisotopic (exact) mass is 231 g/mol. The van der Waals surface area contributed by atoms with Crippen LogP contribution >= 0.6 is 0 Å². The van der Waals surface area contributed by atoms with E-state index in [9.17, 15) is 4.79 Å². The predicted octanol–water partition coefficient (Wildman–Crippen LogP) is 1.46. The van der Waals surface area contributed by atoms with Gasteiger partial charge in [0.1, 0.15) is 5.69 Å². The molecule has 0 atom stereocenters. The molecule has 1 aromatic heterocycles. The van der Waals surface area contributed by atoms with Crippen molar-refractivity contribution in [2.75, 3.05) is 27.2 Å². The number of nitrogens with zero attached hydrogens (tertiary/aromatic N) is 1. The maximum atomic E-state index is 12.1. The van der Waals surface area contributed by atoms with Crippen LogP contribution in [0.15, 0.2) is 30.3 Å². The minimum absolute atomic E-state index is 0.0245. The number of aromatic nitrogens is 1. The molecular weight excluding hydrogens is 214 g/mol. The number of carbonyl (C=O) groups is 1. The summed E-state index contributed by atoms with van der Waals surface area (Å²) in [7, 11) is 3.69. The van der Waals surface area contributed by atoms with Gasteiger partial charge >= 0.3 is 0 Å². The minimum atomic E-state index is 0.0245. The van der Waals surface area contributed by atoms with E-state index >= 15 is 0 Å². The van der Waals surface area contributed by atoms with Crippen molar-refractivity contribution >= 4 is 16.8 Å². The van der Waals surface area contributed by atoms with Gasteiger partial charge in [-0.3, -0.25) is 4.79 Å². The van der Waals surface area contributed by atoms with Gasteiger partial charge < -0.3 is 15.2 Å². The van der Waals surface area contributed by atoms with Crippen LogP contribution < -0.4 is 5.32 Å². The Hall–Kier alpha value is -1.81. The van der Waals surface area contributed by atoms with Gasteiger partial charge in [0, 0.05) is 31.0 Å². The molecule has 0 fully saturated rings. The molecule has 0 saturated heterocycles. The number of likely N-dealkylation sites (N-methyl/N-ethyl adjacent to an activating group) is 2. The first-order chi connectivity index (χ1) is 8.22. The van der Waals surface area contributed by atoms with Crippen LogP contribution in [0.5, 0.6) is 0 Å². The highest BCUT2D eigenvalue weighted by Crippen LogP contribution is 2.15. The SMILES string of the molecule is CNCCN(C)C(=O)c1cc2ccccc2[nH]1. The number of H-pyrrole nitrogens is 1. The fourth-order valence-electron chi connectivity index (χ4n) is 1.78. The molecule has 2 rings (SSSR count). The van der Waals surface area contributed by atoms with E-state index in [-0.39, 0.29) is 5.91 Å². The van der Waals surface area contributed by atoms with Crippen LogP contribution in [0.3, 0.4) is 0 Å². The van der Waals surface area contributed by atoms with Gasteiger partial charge in [0.25, 0.3) is 5.91 Å². The molecule has 4 nitrogen and oxygen atoms in total. The van der Waals surface area contributed by atoms with E-state index in [1.807, 2.05) is 44.4 Å². The Morgan fingerprint density at radius 2 is 2.18 bits per heavy atom. The number of carbonyl (C=O) groups excluding carboxylic acids is 1. The summed E-state index contributed by atoms with van der Waals surface area (Å²) in [5.74, 6) is 0.0245. The Morgan fingerprint density at radius 3 is 2.88 bits per heavy atom. The molecule has 0 spiro atoms. The molecule has 1 aromatic carbocycles. The van der Waals surface area contributed by atoms with E-state index in [0.717, 1.165) is 17.4 Å². The number of nitrogens with one attached hydrogen (secondary N) is 2. The smallest absolute Gasteiger partial charge is 0.270 e. The summed E-state index contributed by atoms with van der Waals surface area (Å²) in [6.45, 7) is 1.49. The van der Waals surface area contributed by atoms with Crippen molar-refractivity contribution in [2.24, 2.45) is 0 Å². The van der Waals surface area contributed by atoms with E-state index in [0.29, 0.717) is 12.2 Å². The van der Waals surface area contributed by atoms with E-state index in [1.165, 1.54) is 0 Å². The number of hydrogen-bond donors (Lipinski definition) is 2. The Bertz CT molecular complexity index is 485. The second kappa shape index (κ2) is 5.01. The topological polar surface area (TPSA) is 48.1 Å². The number of benzene rings is 1. The van der Waals surface area contributed by atoms with Crippen LogP contribution in [0.2, 0.25) is 0 Å². The van der Waals surface area contributed by atoms with Gasteiger partial charge in [0.05, 0.1) is 0 Å². The average molecular weight is 231 g/mol. The van der Waals surface area contributed by atoms with Crippen LogP contribution in [0.1, 0.15) is 10.5 Å². The fourth-order valence-corrected chi connectivity index (χ4v) is 1.78. The molecule has 2 aromatic rings. The standard InChI is InChI=1S/C13H17N3O/c1-14-7-8-16(2)13(17)12-9-10-5-3-4-6-11(10)15-12/h3-6,9,14-15H,7-8H2,1-2H3. The number of hydrogen-bond acceptors (Lipinski definition) is 2. The molecule has 0 aliphatic rings. The first-order valence-electron chi connectivity index (χ1n) is 5.70. The van der Waals surface area contributed by atoms with Gasteiger partial charge in [-0.2, -0.15) is 0 Å². The van der Waals surface area contributed by atoms with Gasteiger partial charge in [0.15, 0.2) is 0 Å². The van der Waals surface area contributed by atoms with Crippen molar-refractivity contribution < 1.29 is 4.79 Å². The van der Waals surface area contributed by atoms with E-state index in [2.05, 4.69) is 10.3 Å². The molecule has 0 aliphatic carbocycles. The summed E-state index contributed by atoms with van der Waals surface area (Å²) < 4.78 is 0. The third kappa shape index (κ3) is 2.47. The lowest BCUT2D eigenvalue weighted by atomic mass is 10.2. The average Bonchev–Trinajstić information content (AvgIpc) is 2.78. The maximum Gasteiger partial charge on any atom is 0.270 e. The number of amides is 1. The molecule has 0 radical (unpaired) electrons. The third-order valence-electron chi connectivity index (χ3n) is 2.80. The molecule has 4 heteroatoms. The molecule has 1 heterocycles. The highest BCUT2D eigenvalue weighted by Gasteiger charge is 2.13. The van der Waals surface area contributed by atoms with Gasteiger partial charge in [-0.1, -0.05) is 18.2 Å². The second-order valence-corrected chi connectivity index (χ2v) is 4.10. The summed E-state index contributed by atoms with van der Waals surface area (Å²) in [5, 5.41) is 4.09. The number of aromatic amines is 1. The molecule has 0 unspecified atom stereocenters. The lowest BCUT2D eigenvalue weighted by Crippen LogP contribution is -2.32.